The standard InChI is InChI=1S/C17H26N2O/c1-13-6-5-7-14(2)19(13)18-12-15-10-11-20-17-9-4-3-8-16(15)17/h3-4,8-9,13-15,18H,5-7,10-12H2,1-2H3. The minimum Gasteiger partial charge on any atom is -0.493 e. The molecule has 3 rings (SSSR count). The number of hydrogen-bond donors (Lipinski definition) is 1. The highest BCUT2D eigenvalue weighted by Gasteiger charge is 2.27. The van der Waals surface area contributed by atoms with Crippen molar-refractivity contribution in [2.24, 2.45) is 0 Å². The monoisotopic (exact) mass is 274 g/mol. The number of rotatable bonds is 3. The molecule has 0 aromatic heterocycles. The second kappa shape index (κ2) is 6.15. The first-order chi connectivity index (χ1) is 9.75. The van der Waals surface area contributed by atoms with E-state index in [0.29, 0.717) is 18.0 Å². The number of fused-ring (bicyclic) bond motifs is 1. The minimum atomic E-state index is 0.571. The van der Waals surface area contributed by atoms with Gasteiger partial charge in [-0.3, -0.25) is 5.43 Å². The summed E-state index contributed by atoms with van der Waals surface area (Å²) in [5, 5.41) is 2.47. The van der Waals surface area contributed by atoms with Gasteiger partial charge in [0.25, 0.3) is 0 Å². The molecule has 1 N–H and O–H groups in total. The molecule has 1 aromatic rings. The van der Waals surface area contributed by atoms with Gasteiger partial charge >= 0.3 is 0 Å². The molecular weight excluding hydrogens is 248 g/mol. The fourth-order valence-electron chi connectivity index (χ4n) is 3.58. The van der Waals surface area contributed by atoms with E-state index in [9.17, 15) is 0 Å². The molecule has 2 aliphatic rings. The van der Waals surface area contributed by atoms with Crippen LogP contribution >= 0.6 is 0 Å². The second-order valence-corrected chi connectivity index (χ2v) is 6.27. The van der Waals surface area contributed by atoms with Crippen LogP contribution in [0.3, 0.4) is 0 Å². The van der Waals surface area contributed by atoms with Crippen LogP contribution in [0.25, 0.3) is 0 Å². The first-order valence-electron chi connectivity index (χ1n) is 7.99. The molecule has 3 heteroatoms. The van der Waals surface area contributed by atoms with Gasteiger partial charge in [0.05, 0.1) is 6.61 Å². The Hall–Kier alpha value is -1.06. The molecule has 0 saturated carbocycles. The molecule has 3 unspecified atom stereocenters. The number of hydrazine groups is 1. The Morgan fingerprint density at radius 2 is 1.90 bits per heavy atom. The third-order valence-corrected chi connectivity index (χ3v) is 4.80. The number of benzene rings is 1. The summed E-state index contributed by atoms with van der Waals surface area (Å²) in [5.74, 6) is 1.64. The smallest absolute Gasteiger partial charge is 0.122 e. The van der Waals surface area contributed by atoms with Crippen LogP contribution in [-0.2, 0) is 0 Å². The summed E-state index contributed by atoms with van der Waals surface area (Å²) in [7, 11) is 0. The lowest BCUT2D eigenvalue weighted by molar-refractivity contribution is 0.0424. The number of ether oxygens (including phenoxy) is 1. The van der Waals surface area contributed by atoms with Crippen LogP contribution < -0.4 is 10.2 Å². The average molecular weight is 274 g/mol. The van der Waals surface area contributed by atoms with E-state index >= 15 is 0 Å². The number of hydrogen-bond acceptors (Lipinski definition) is 3. The van der Waals surface area contributed by atoms with Crippen molar-refractivity contribution >= 4 is 0 Å². The molecule has 0 amide bonds. The van der Waals surface area contributed by atoms with Gasteiger partial charge in [-0.25, -0.2) is 5.01 Å². The highest BCUT2D eigenvalue weighted by Crippen LogP contribution is 2.33. The predicted molar refractivity (Wildman–Crippen MR) is 81.9 cm³/mol. The summed E-state index contributed by atoms with van der Waals surface area (Å²) in [4.78, 5) is 0. The van der Waals surface area contributed by atoms with Crippen LogP contribution in [0.2, 0.25) is 0 Å². The van der Waals surface area contributed by atoms with Gasteiger partial charge in [-0.05, 0) is 44.7 Å². The molecule has 110 valence electrons. The van der Waals surface area contributed by atoms with E-state index in [-0.39, 0.29) is 0 Å². The molecule has 0 spiro atoms. The van der Waals surface area contributed by atoms with E-state index in [4.69, 9.17) is 4.74 Å². The van der Waals surface area contributed by atoms with E-state index in [0.717, 1.165) is 25.3 Å². The van der Waals surface area contributed by atoms with Crippen molar-refractivity contribution in [1.29, 1.82) is 0 Å². The number of nitrogens with one attached hydrogen (secondary N) is 1. The molecule has 1 aromatic carbocycles. The zero-order valence-corrected chi connectivity index (χ0v) is 12.6. The molecule has 20 heavy (non-hydrogen) atoms. The van der Waals surface area contributed by atoms with Crippen molar-refractivity contribution in [3.8, 4) is 5.75 Å². The summed E-state index contributed by atoms with van der Waals surface area (Å²) in [6.45, 7) is 6.53. The highest BCUT2D eigenvalue weighted by molar-refractivity contribution is 5.37. The first-order valence-corrected chi connectivity index (χ1v) is 7.99. The fraction of sp³-hybridized carbons (Fsp3) is 0.647. The van der Waals surface area contributed by atoms with Crippen molar-refractivity contribution < 1.29 is 4.74 Å². The van der Waals surface area contributed by atoms with E-state index in [1.54, 1.807) is 0 Å². The molecule has 0 bridgehead atoms. The molecular formula is C17H26N2O. The van der Waals surface area contributed by atoms with Crippen molar-refractivity contribution in [3.63, 3.8) is 0 Å². The van der Waals surface area contributed by atoms with Gasteiger partial charge in [-0.15, -0.1) is 0 Å². The quantitative estimate of drug-likeness (QED) is 0.915. The molecule has 2 heterocycles. The van der Waals surface area contributed by atoms with E-state index in [2.05, 4.69) is 48.5 Å². The third kappa shape index (κ3) is 2.84. The van der Waals surface area contributed by atoms with Gasteiger partial charge in [0.2, 0.25) is 0 Å². The first kappa shape index (κ1) is 13.9. The zero-order valence-electron chi connectivity index (χ0n) is 12.6. The largest absolute Gasteiger partial charge is 0.493 e. The fourth-order valence-corrected chi connectivity index (χ4v) is 3.58. The Morgan fingerprint density at radius 1 is 1.15 bits per heavy atom. The number of nitrogens with zero attached hydrogens (tertiary/aromatic N) is 1. The van der Waals surface area contributed by atoms with Crippen LogP contribution in [0.4, 0.5) is 0 Å². The minimum absolute atomic E-state index is 0.571. The molecule has 3 nitrogen and oxygen atoms in total. The normalized spacial score (nSPS) is 30.6. The van der Waals surface area contributed by atoms with E-state index in [1.807, 2.05) is 0 Å². The Bertz CT molecular complexity index is 438. The third-order valence-electron chi connectivity index (χ3n) is 4.80. The van der Waals surface area contributed by atoms with E-state index < -0.39 is 0 Å². The topological polar surface area (TPSA) is 24.5 Å². The van der Waals surface area contributed by atoms with E-state index in [1.165, 1.54) is 24.8 Å². The molecule has 1 saturated heterocycles. The average Bonchev–Trinajstić information content (AvgIpc) is 2.47. The summed E-state index contributed by atoms with van der Waals surface area (Å²) < 4.78 is 5.75. The maximum atomic E-state index is 5.75. The highest BCUT2D eigenvalue weighted by atomic mass is 16.5. The molecule has 1 fully saturated rings. The van der Waals surface area contributed by atoms with Crippen molar-refractivity contribution in [1.82, 2.24) is 10.4 Å². The molecule has 3 atom stereocenters. The lowest BCUT2D eigenvalue weighted by atomic mass is 9.93. The van der Waals surface area contributed by atoms with Crippen LogP contribution in [0.15, 0.2) is 24.3 Å². The van der Waals surface area contributed by atoms with Crippen LogP contribution in [0.1, 0.15) is 51.0 Å². The van der Waals surface area contributed by atoms with Gasteiger partial charge in [-0.2, -0.15) is 0 Å². The molecule has 2 aliphatic heterocycles. The molecule has 0 radical (unpaired) electrons. The summed E-state index contributed by atoms with van der Waals surface area (Å²) >= 11 is 0. The maximum Gasteiger partial charge on any atom is 0.122 e. The van der Waals surface area contributed by atoms with Gasteiger partial charge in [0.1, 0.15) is 5.75 Å². The summed E-state index contributed by atoms with van der Waals surface area (Å²) in [6, 6.07) is 9.77. The van der Waals surface area contributed by atoms with Crippen LogP contribution in [0, 0.1) is 0 Å². The Kier molecular flexibility index (Phi) is 4.27. The summed E-state index contributed by atoms with van der Waals surface area (Å²) in [6.07, 6.45) is 5.09. The van der Waals surface area contributed by atoms with Crippen molar-refractivity contribution in [3.05, 3.63) is 29.8 Å². The van der Waals surface area contributed by atoms with Gasteiger partial charge in [0.15, 0.2) is 0 Å². The predicted octanol–water partition coefficient (Wildman–Crippen LogP) is 3.32. The van der Waals surface area contributed by atoms with Crippen LogP contribution in [0.5, 0.6) is 5.75 Å². The van der Waals surface area contributed by atoms with Gasteiger partial charge in [0, 0.05) is 24.5 Å². The van der Waals surface area contributed by atoms with Crippen molar-refractivity contribution in [2.45, 2.75) is 57.5 Å². The van der Waals surface area contributed by atoms with Gasteiger partial charge < -0.3 is 4.74 Å². The lowest BCUT2D eigenvalue weighted by Gasteiger charge is -2.40. The summed E-state index contributed by atoms with van der Waals surface area (Å²) in [5.41, 5.74) is 5.07. The van der Waals surface area contributed by atoms with Crippen LogP contribution in [-0.4, -0.2) is 30.2 Å². The maximum absolute atomic E-state index is 5.75. The Morgan fingerprint density at radius 3 is 2.70 bits per heavy atom. The SMILES string of the molecule is CC1CCCC(C)N1NCC1CCOc2ccccc21. The van der Waals surface area contributed by atoms with Crippen molar-refractivity contribution in [2.75, 3.05) is 13.2 Å². The zero-order chi connectivity index (χ0) is 13.9. The van der Waals surface area contributed by atoms with Gasteiger partial charge in [-0.1, -0.05) is 24.6 Å². The second-order valence-electron chi connectivity index (χ2n) is 6.27. The lowest BCUT2D eigenvalue weighted by Crippen LogP contribution is -2.53. The Balaban J connectivity index is 1.64. The molecule has 0 aliphatic carbocycles. The number of piperidine rings is 1. The Labute approximate surface area is 122 Å². The number of para-hydroxylation sites is 1.